The number of rotatable bonds is 3. The molecule has 0 unspecified atom stereocenters. The number of carbonyl (C=O) groups is 4. The van der Waals surface area contributed by atoms with Gasteiger partial charge in [0, 0.05) is 37.4 Å². The molecule has 2 aliphatic rings. The van der Waals surface area contributed by atoms with Crippen LogP contribution in [-0.4, -0.2) is 72.4 Å². The van der Waals surface area contributed by atoms with Crippen molar-refractivity contribution in [3.8, 4) is 0 Å². The second-order valence-electron chi connectivity index (χ2n) is 9.90. The average Bonchev–Trinajstić information content (AvgIpc) is 2.88. The lowest BCUT2D eigenvalue weighted by atomic mass is 9.85. The van der Waals surface area contributed by atoms with Gasteiger partial charge < -0.3 is 35.5 Å². The summed E-state index contributed by atoms with van der Waals surface area (Å²) < 4.78 is 16.4. The highest BCUT2D eigenvalue weighted by Crippen LogP contribution is 2.29. The number of fused-ring (bicyclic) bond motifs is 1. The molecule has 0 aromatic rings. The highest BCUT2D eigenvalue weighted by molar-refractivity contribution is 6.48. The zero-order valence-corrected chi connectivity index (χ0v) is 23.1. The molecule has 0 saturated heterocycles. The molecule has 5 N–H and O–H groups in total. The first-order valence-electron chi connectivity index (χ1n) is 12.6. The van der Waals surface area contributed by atoms with Gasteiger partial charge in [-0.1, -0.05) is 38.2 Å². The van der Waals surface area contributed by atoms with Crippen molar-refractivity contribution in [2.75, 3.05) is 14.2 Å². The third-order valence-corrected chi connectivity index (χ3v) is 6.77. The molecule has 39 heavy (non-hydrogen) atoms. The van der Waals surface area contributed by atoms with Crippen molar-refractivity contribution in [2.24, 2.45) is 17.6 Å². The van der Waals surface area contributed by atoms with Gasteiger partial charge in [-0.3, -0.25) is 14.4 Å². The van der Waals surface area contributed by atoms with Crippen LogP contribution in [0.2, 0.25) is 0 Å². The second-order valence-corrected chi connectivity index (χ2v) is 9.90. The molecule has 1 aliphatic heterocycles. The van der Waals surface area contributed by atoms with Gasteiger partial charge in [0.2, 0.25) is 11.6 Å². The van der Waals surface area contributed by atoms with Crippen molar-refractivity contribution in [2.45, 2.75) is 65.0 Å². The van der Waals surface area contributed by atoms with Crippen molar-refractivity contribution >= 4 is 23.6 Å². The van der Waals surface area contributed by atoms with Crippen LogP contribution in [-0.2, 0) is 28.6 Å². The summed E-state index contributed by atoms with van der Waals surface area (Å²) in [7, 11) is 2.86. The van der Waals surface area contributed by atoms with Crippen molar-refractivity contribution in [3.05, 3.63) is 58.6 Å². The molecule has 214 valence electrons. The van der Waals surface area contributed by atoms with Gasteiger partial charge in [-0.15, -0.1) is 0 Å². The van der Waals surface area contributed by atoms with Crippen LogP contribution in [0.15, 0.2) is 58.6 Å². The first-order chi connectivity index (χ1) is 18.3. The van der Waals surface area contributed by atoms with Gasteiger partial charge in [0.1, 0.15) is 11.9 Å². The van der Waals surface area contributed by atoms with E-state index in [0.29, 0.717) is 5.57 Å². The molecule has 0 fully saturated rings. The van der Waals surface area contributed by atoms with E-state index < -0.39 is 59.7 Å². The molecule has 0 radical (unpaired) electrons. The van der Waals surface area contributed by atoms with Crippen molar-refractivity contribution < 1.29 is 43.6 Å². The maximum atomic E-state index is 12.8. The Morgan fingerprint density at radius 3 is 2.38 bits per heavy atom. The Bertz CT molecular complexity index is 1130. The third-order valence-electron chi connectivity index (χ3n) is 6.77. The summed E-state index contributed by atoms with van der Waals surface area (Å²) in [4.78, 5) is 49.4. The smallest absolute Gasteiger partial charge is 0.405 e. The van der Waals surface area contributed by atoms with E-state index in [0.717, 1.165) is 6.08 Å². The molecule has 0 saturated carbocycles. The number of nitrogens with one attached hydrogen (secondary N) is 1. The molecule has 1 heterocycles. The number of Topliss-reactive ketones (excluding diaryl/α,β-unsaturated/α-hetero) is 1. The third kappa shape index (κ3) is 8.22. The molecule has 11 heteroatoms. The van der Waals surface area contributed by atoms with Crippen LogP contribution in [0.25, 0.3) is 0 Å². The summed E-state index contributed by atoms with van der Waals surface area (Å²) in [5, 5.41) is 24.3. The van der Waals surface area contributed by atoms with Gasteiger partial charge >= 0.3 is 6.09 Å². The minimum Gasteiger partial charge on any atom is -0.505 e. The van der Waals surface area contributed by atoms with E-state index in [4.69, 9.17) is 19.9 Å². The van der Waals surface area contributed by atoms with Crippen molar-refractivity contribution in [1.29, 1.82) is 0 Å². The zero-order chi connectivity index (χ0) is 29.4. The quantitative estimate of drug-likeness (QED) is 0.235. The maximum Gasteiger partial charge on any atom is 0.405 e. The zero-order valence-electron chi connectivity index (χ0n) is 23.1. The normalized spacial score (nSPS) is 33.3. The van der Waals surface area contributed by atoms with Crippen LogP contribution < -0.4 is 11.1 Å². The Hall–Kier alpha value is -3.54. The molecule has 2 rings (SSSR count). The molecule has 2 amide bonds. The average molecular weight is 547 g/mol. The molecule has 2 bridgehead atoms. The lowest BCUT2D eigenvalue weighted by Gasteiger charge is -2.29. The lowest BCUT2D eigenvalue weighted by molar-refractivity contribution is -0.132. The van der Waals surface area contributed by atoms with Gasteiger partial charge in [-0.25, -0.2) is 4.79 Å². The Morgan fingerprint density at radius 2 is 1.79 bits per heavy atom. The predicted molar refractivity (Wildman–Crippen MR) is 142 cm³/mol. The SMILES string of the molecule is CO[C@H]1C[C@@H](C)CC2=C(O)C(=CC(=O)C2=O)NC(=O)/C(C)=C\C=C\[C@@H](OC)[C@@H](OC(N)=O)/C(C)=C/[C@@H](C)[C@H]1O. The monoisotopic (exact) mass is 546 g/mol. The topological polar surface area (TPSA) is 174 Å². The number of hydrogen-bond acceptors (Lipinski definition) is 9. The fraction of sp³-hybridized carbons (Fsp3) is 0.500. The molecule has 1 aliphatic carbocycles. The largest absolute Gasteiger partial charge is 0.505 e. The Balaban J connectivity index is 2.59. The van der Waals surface area contributed by atoms with Crippen molar-refractivity contribution in [3.63, 3.8) is 0 Å². The van der Waals surface area contributed by atoms with E-state index in [-0.39, 0.29) is 35.6 Å². The molecule has 11 nitrogen and oxygen atoms in total. The van der Waals surface area contributed by atoms with Crippen LogP contribution in [0.5, 0.6) is 0 Å². The summed E-state index contributed by atoms with van der Waals surface area (Å²) in [6, 6.07) is 0. The summed E-state index contributed by atoms with van der Waals surface area (Å²) in [6.45, 7) is 6.79. The van der Waals surface area contributed by atoms with Crippen molar-refractivity contribution in [1.82, 2.24) is 5.32 Å². The highest BCUT2D eigenvalue weighted by atomic mass is 16.6. The first kappa shape index (κ1) is 31.7. The van der Waals surface area contributed by atoms with Crippen LogP contribution in [0.4, 0.5) is 4.79 Å². The lowest BCUT2D eigenvalue weighted by Crippen LogP contribution is -2.37. The summed E-state index contributed by atoms with van der Waals surface area (Å²) in [5.74, 6) is -3.58. The molecule has 6 atom stereocenters. The van der Waals surface area contributed by atoms with E-state index in [1.165, 1.54) is 33.3 Å². The van der Waals surface area contributed by atoms with Crippen LogP contribution in [0.3, 0.4) is 0 Å². The Morgan fingerprint density at radius 1 is 1.13 bits per heavy atom. The van der Waals surface area contributed by atoms with E-state index in [9.17, 15) is 29.4 Å². The number of ketones is 2. The van der Waals surface area contributed by atoms with Gasteiger partial charge in [-0.05, 0) is 38.2 Å². The molecular weight excluding hydrogens is 508 g/mol. The first-order valence-corrected chi connectivity index (χ1v) is 12.6. The van der Waals surface area contributed by atoms with Gasteiger partial charge in [-0.2, -0.15) is 0 Å². The van der Waals surface area contributed by atoms with E-state index in [1.807, 2.05) is 0 Å². The van der Waals surface area contributed by atoms with Crippen LogP contribution in [0.1, 0.15) is 40.5 Å². The van der Waals surface area contributed by atoms with E-state index in [1.54, 1.807) is 32.9 Å². The predicted octanol–water partition coefficient (Wildman–Crippen LogP) is 2.32. The number of ether oxygens (including phenoxy) is 3. The maximum absolute atomic E-state index is 12.8. The number of allylic oxidation sites excluding steroid dienone is 4. The van der Waals surface area contributed by atoms with E-state index in [2.05, 4.69) is 5.32 Å². The van der Waals surface area contributed by atoms with E-state index >= 15 is 0 Å². The molecule has 0 aromatic carbocycles. The van der Waals surface area contributed by atoms with Gasteiger partial charge in [0.25, 0.3) is 5.91 Å². The minimum atomic E-state index is -1.01. The second kappa shape index (κ2) is 14.0. The van der Waals surface area contributed by atoms with Gasteiger partial charge in [0.05, 0.1) is 17.9 Å². The summed E-state index contributed by atoms with van der Waals surface area (Å²) >= 11 is 0. The Labute approximate surface area is 228 Å². The van der Waals surface area contributed by atoms with Crippen LogP contribution >= 0.6 is 0 Å². The number of primary amides is 1. The standard InChI is InChI=1S/C28H38N2O9/c1-14-10-18-24(33)19(13-20(31)25(18)34)30-27(35)15(2)8-7-9-21(37-5)26(39-28(29)36)17(4)12-16(3)23(32)22(11-14)38-6/h7-9,12-14,16,21-23,26,32-33H,10-11H2,1-6H3,(H2,29,36)(H,30,35)/b9-7+,15-8-,17-12+/t14-,16+,21+,22-,23+,26-/m0/s1. The van der Waals surface area contributed by atoms with Gasteiger partial charge in [0.15, 0.2) is 6.10 Å². The summed E-state index contributed by atoms with van der Waals surface area (Å²) in [6.07, 6.45) is 3.07. The number of aliphatic hydroxyl groups is 2. The highest BCUT2D eigenvalue weighted by Gasteiger charge is 2.33. The molecular formula is C28H38N2O9. The van der Waals surface area contributed by atoms with Crippen LogP contribution in [0, 0.1) is 11.8 Å². The number of aliphatic hydroxyl groups excluding tert-OH is 2. The molecule has 0 aromatic heterocycles. The fourth-order valence-corrected chi connectivity index (χ4v) is 4.57. The Kier molecular flexibility index (Phi) is 11.4. The minimum absolute atomic E-state index is 0.0149. The summed E-state index contributed by atoms with van der Waals surface area (Å²) in [5.41, 5.74) is 5.79. The fourth-order valence-electron chi connectivity index (χ4n) is 4.57. The number of amides is 2. The molecule has 0 spiro atoms. The number of hydrogen-bond donors (Lipinski definition) is 4. The number of nitrogens with two attached hydrogens (primary N) is 1. The number of carbonyl (C=O) groups excluding carboxylic acids is 4. The number of methoxy groups -OCH3 is 2.